The minimum atomic E-state index is -0.143. The topological polar surface area (TPSA) is 70.2 Å². The molecule has 2 aromatic carbocycles. The zero-order valence-corrected chi connectivity index (χ0v) is 13.7. The van der Waals surface area contributed by atoms with E-state index in [2.05, 4.69) is 16.0 Å². The lowest BCUT2D eigenvalue weighted by molar-refractivity contribution is -0.121. The van der Waals surface area contributed by atoms with E-state index in [4.69, 9.17) is 0 Å². The average molecular weight is 325 g/mol. The molecule has 0 aromatic heterocycles. The van der Waals surface area contributed by atoms with Gasteiger partial charge in [0.1, 0.15) is 0 Å². The fourth-order valence-electron chi connectivity index (χ4n) is 2.99. The smallest absolute Gasteiger partial charge is 0.251 e. The summed E-state index contributed by atoms with van der Waals surface area (Å²) >= 11 is 0. The molecule has 5 nitrogen and oxygen atoms in total. The molecule has 0 aliphatic carbocycles. The number of carbonyl (C=O) groups excluding carboxylic acids is 2. The summed E-state index contributed by atoms with van der Waals surface area (Å²) in [5, 5.41) is 11.3. The standard InChI is InChI=1S/C19H23N3O2/c23-18(22-17-7-10-20-11-8-17)9-12-21-19(24)16-6-5-14-3-1-2-4-15(14)13-16/h1-6,13,17,20H,7-12H2,(H,21,24)(H,22,23). The average Bonchev–Trinajstić information content (AvgIpc) is 2.62. The molecule has 0 radical (unpaired) electrons. The maximum absolute atomic E-state index is 12.2. The molecule has 1 heterocycles. The Morgan fingerprint density at radius 2 is 1.79 bits per heavy atom. The maximum Gasteiger partial charge on any atom is 0.251 e. The van der Waals surface area contributed by atoms with E-state index in [0.717, 1.165) is 36.7 Å². The van der Waals surface area contributed by atoms with Crippen molar-refractivity contribution in [2.75, 3.05) is 19.6 Å². The minimum Gasteiger partial charge on any atom is -0.353 e. The van der Waals surface area contributed by atoms with Crippen LogP contribution in [0.5, 0.6) is 0 Å². The molecular weight excluding hydrogens is 302 g/mol. The Balaban J connectivity index is 1.46. The van der Waals surface area contributed by atoms with Crippen molar-refractivity contribution in [2.45, 2.75) is 25.3 Å². The molecule has 0 bridgehead atoms. The van der Waals surface area contributed by atoms with Crippen LogP contribution in [0.4, 0.5) is 0 Å². The molecule has 0 unspecified atom stereocenters. The van der Waals surface area contributed by atoms with Crippen molar-refractivity contribution in [3.63, 3.8) is 0 Å². The highest BCUT2D eigenvalue weighted by Crippen LogP contribution is 2.15. The number of fused-ring (bicyclic) bond motifs is 1. The van der Waals surface area contributed by atoms with Crippen LogP contribution < -0.4 is 16.0 Å². The van der Waals surface area contributed by atoms with Gasteiger partial charge in [0.2, 0.25) is 5.91 Å². The van der Waals surface area contributed by atoms with Crippen LogP contribution in [0.2, 0.25) is 0 Å². The van der Waals surface area contributed by atoms with Gasteiger partial charge in [-0.15, -0.1) is 0 Å². The van der Waals surface area contributed by atoms with Gasteiger partial charge in [-0.05, 0) is 48.8 Å². The third kappa shape index (κ3) is 4.32. The van der Waals surface area contributed by atoms with Gasteiger partial charge in [0.05, 0.1) is 0 Å². The molecule has 24 heavy (non-hydrogen) atoms. The molecule has 0 saturated carbocycles. The predicted octanol–water partition coefficient (Wildman–Crippen LogP) is 1.83. The van der Waals surface area contributed by atoms with Crippen molar-refractivity contribution in [1.82, 2.24) is 16.0 Å². The summed E-state index contributed by atoms with van der Waals surface area (Å²) in [5.74, 6) is -0.142. The van der Waals surface area contributed by atoms with Gasteiger partial charge in [0.15, 0.2) is 0 Å². The van der Waals surface area contributed by atoms with E-state index in [1.807, 2.05) is 42.5 Å². The molecule has 1 fully saturated rings. The molecule has 1 aliphatic heterocycles. The van der Waals surface area contributed by atoms with E-state index in [0.29, 0.717) is 18.5 Å². The number of hydrogen-bond donors (Lipinski definition) is 3. The molecule has 0 atom stereocenters. The number of nitrogens with one attached hydrogen (secondary N) is 3. The lowest BCUT2D eigenvalue weighted by atomic mass is 10.1. The monoisotopic (exact) mass is 325 g/mol. The van der Waals surface area contributed by atoms with Crippen LogP contribution in [-0.2, 0) is 4.79 Å². The van der Waals surface area contributed by atoms with E-state index in [1.54, 1.807) is 0 Å². The van der Waals surface area contributed by atoms with E-state index < -0.39 is 0 Å². The SMILES string of the molecule is O=C(CCNC(=O)c1ccc2ccccc2c1)NC1CCNCC1. The van der Waals surface area contributed by atoms with Gasteiger partial charge < -0.3 is 16.0 Å². The number of rotatable bonds is 5. The quantitative estimate of drug-likeness (QED) is 0.785. The minimum absolute atomic E-state index is 0.000659. The fourth-order valence-corrected chi connectivity index (χ4v) is 2.99. The highest BCUT2D eigenvalue weighted by molar-refractivity contribution is 5.98. The van der Waals surface area contributed by atoms with Gasteiger partial charge in [-0.2, -0.15) is 0 Å². The number of piperidine rings is 1. The van der Waals surface area contributed by atoms with Crippen LogP contribution >= 0.6 is 0 Å². The van der Waals surface area contributed by atoms with Gasteiger partial charge in [-0.3, -0.25) is 9.59 Å². The first-order valence-electron chi connectivity index (χ1n) is 8.49. The Morgan fingerprint density at radius 3 is 2.58 bits per heavy atom. The lowest BCUT2D eigenvalue weighted by Gasteiger charge is -2.23. The molecule has 0 spiro atoms. The summed E-state index contributed by atoms with van der Waals surface area (Å²) in [4.78, 5) is 24.1. The second-order valence-corrected chi connectivity index (χ2v) is 6.16. The Labute approximate surface area is 141 Å². The number of hydrogen-bond acceptors (Lipinski definition) is 3. The first kappa shape index (κ1) is 16.5. The highest BCUT2D eigenvalue weighted by atomic mass is 16.2. The first-order valence-corrected chi connectivity index (χ1v) is 8.49. The molecule has 3 N–H and O–H groups in total. The van der Waals surface area contributed by atoms with E-state index in [9.17, 15) is 9.59 Å². The summed E-state index contributed by atoms with van der Waals surface area (Å²) < 4.78 is 0. The van der Waals surface area contributed by atoms with E-state index >= 15 is 0 Å². The van der Waals surface area contributed by atoms with Crippen LogP contribution in [0, 0.1) is 0 Å². The normalized spacial score (nSPS) is 15.2. The Bertz CT molecular complexity index is 723. The highest BCUT2D eigenvalue weighted by Gasteiger charge is 2.15. The Hall–Kier alpha value is -2.40. The molecule has 2 aromatic rings. The van der Waals surface area contributed by atoms with Crippen molar-refractivity contribution in [1.29, 1.82) is 0 Å². The van der Waals surface area contributed by atoms with Gasteiger partial charge in [-0.25, -0.2) is 0 Å². The van der Waals surface area contributed by atoms with E-state index in [1.165, 1.54) is 0 Å². The van der Waals surface area contributed by atoms with Crippen LogP contribution in [0.25, 0.3) is 10.8 Å². The van der Waals surface area contributed by atoms with Crippen LogP contribution in [0.3, 0.4) is 0 Å². The van der Waals surface area contributed by atoms with Crippen molar-refractivity contribution < 1.29 is 9.59 Å². The second-order valence-electron chi connectivity index (χ2n) is 6.16. The number of amides is 2. The summed E-state index contributed by atoms with van der Waals surface area (Å²) in [7, 11) is 0. The third-order valence-corrected chi connectivity index (χ3v) is 4.35. The van der Waals surface area contributed by atoms with Gasteiger partial charge in [0, 0.05) is 24.6 Å². The zero-order chi connectivity index (χ0) is 16.8. The van der Waals surface area contributed by atoms with Gasteiger partial charge in [0.25, 0.3) is 5.91 Å². The van der Waals surface area contributed by atoms with Crippen LogP contribution in [0.1, 0.15) is 29.6 Å². The molecule has 126 valence electrons. The van der Waals surface area contributed by atoms with Crippen molar-refractivity contribution in [3.8, 4) is 0 Å². The Kier molecular flexibility index (Phi) is 5.43. The second kappa shape index (κ2) is 7.93. The maximum atomic E-state index is 12.2. The molecule has 5 heteroatoms. The Morgan fingerprint density at radius 1 is 1.04 bits per heavy atom. The van der Waals surface area contributed by atoms with Gasteiger partial charge >= 0.3 is 0 Å². The van der Waals surface area contributed by atoms with Crippen LogP contribution in [-0.4, -0.2) is 37.5 Å². The first-order chi connectivity index (χ1) is 11.7. The van der Waals surface area contributed by atoms with Crippen molar-refractivity contribution >= 4 is 22.6 Å². The number of benzene rings is 2. The molecule has 3 rings (SSSR count). The van der Waals surface area contributed by atoms with E-state index in [-0.39, 0.29) is 17.9 Å². The largest absolute Gasteiger partial charge is 0.353 e. The molecular formula is C19H23N3O2. The summed E-state index contributed by atoms with van der Waals surface area (Å²) in [6.45, 7) is 2.25. The summed E-state index contributed by atoms with van der Waals surface area (Å²) in [5.41, 5.74) is 0.618. The van der Waals surface area contributed by atoms with Crippen molar-refractivity contribution in [2.24, 2.45) is 0 Å². The van der Waals surface area contributed by atoms with Gasteiger partial charge in [-0.1, -0.05) is 30.3 Å². The van der Waals surface area contributed by atoms with Crippen LogP contribution in [0.15, 0.2) is 42.5 Å². The molecule has 1 saturated heterocycles. The fraction of sp³-hybridized carbons (Fsp3) is 0.368. The molecule has 1 aliphatic rings. The lowest BCUT2D eigenvalue weighted by Crippen LogP contribution is -2.43. The third-order valence-electron chi connectivity index (χ3n) is 4.35. The predicted molar refractivity (Wildman–Crippen MR) is 94.9 cm³/mol. The van der Waals surface area contributed by atoms with Crippen molar-refractivity contribution in [3.05, 3.63) is 48.0 Å². The zero-order valence-electron chi connectivity index (χ0n) is 13.7. The summed E-state index contributed by atoms with van der Waals surface area (Å²) in [6, 6.07) is 13.8. The molecule has 2 amide bonds. The summed E-state index contributed by atoms with van der Waals surface area (Å²) in [6.07, 6.45) is 2.24. The number of carbonyl (C=O) groups is 2.